The van der Waals surface area contributed by atoms with Crippen molar-refractivity contribution < 1.29 is 4.79 Å². The van der Waals surface area contributed by atoms with Gasteiger partial charge in [-0.1, -0.05) is 0 Å². The van der Waals surface area contributed by atoms with E-state index >= 15 is 0 Å². The Morgan fingerprint density at radius 3 is 2.44 bits per heavy atom. The summed E-state index contributed by atoms with van der Waals surface area (Å²) in [5.41, 5.74) is 2.87. The van der Waals surface area contributed by atoms with E-state index < -0.39 is 0 Å². The molecule has 1 N–H and O–H groups in total. The van der Waals surface area contributed by atoms with Crippen molar-refractivity contribution in [2.45, 2.75) is 13.8 Å². The van der Waals surface area contributed by atoms with Gasteiger partial charge in [-0.25, -0.2) is 0 Å². The zero-order valence-electron chi connectivity index (χ0n) is 5.56. The molecule has 0 unspecified atom stereocenters. The van der Waals surface area contributed by atoms with Crippen LogP contribution in [0.2, 0.25) is 0 Å². The average Bonchev–Trinajstić information content (AvgIpc) is 2.15. The number of aryl methyl sites for hydroxylation is 1. The number of aromatic amines is 1. The lowest BCUT2D eigenvalue weighted by molar-refractivity contribution is 0.112. The highest BCUT2D eigenvalue weighted by atomic mass is 16.1. The predicted octanol–water partition coefficient (Wildman–Crippen LogP) is 1.44. The van der Waals surface area contributed by atoms with Crippen LogP contribution in [0.25, 0.3) is 0 Å². The zero-order valence-corrected chi connectivity index (χ0v) is 5.56. The lowest BCUT2D eigenvalue weighted by atomic mass is 10.2. The summed E-state index contributed by atoms with van der Waals surface area (Å²) in [6, 6.07) is 0. The highest BCUT2D eigenvalue weighted by molar-refractivity contribution is 5.77. The minimum atomic E-state index is 0.757. The fourth-order valence-electron chi connectivity index (χ4n) is 0.741. The predicted molar refractivity (Wildman–Crippen MR) is 35.7 cm³/mol. The third-order valence-corrected chi connectivity index (χ3v) is 1.57. The van der Waals surface area contributed by atoms with E-state index in [-0.39, 0.29) is 0 Å². The molecule has 2 heteroatoms. The lowest BCUT2D eigenvalue weighted by Gasteiger charge is -1.86. The van der Waals surface area contributed by atoms with Crippen LogP contribution >= 0.6 is 0 Å². The van der Waals surface area contributed by atoms with Crippen LogP contribution in [0.15, 0.2) is 6.20 Å². The Morgan fingerprint density at radius 1 is 1.56 bits per heavy atom. The number of hydrogen-bond donors (Lipinski definition) is 1. The molecule has 0 radical (unpaired) electrons. The van der Waals surface area contributed by atoms with Crippen LogP contribution in [-0.2, 0) is 0 Å². The highest BCUT2D eigenvalue weighted by Gasteiger charge is 1.99. The number of aromatic nitrogens is 1. The van der Waals surface area contributed by atoms with Crippen LogP contribution in [0.4, 0.5) is 0 Å². The van der Waals surface area contributed by atoms with E-state index in [2.05, 4.69) is 4.98 Å². The molecule has 0 saturated heterocycles. The molecule has 1 aromatic rings. The van der Waals surface area contributed by atoms with Crippen LogP contribution in [0.3, 0.4) is 0 Å². The Bertz CT molecular complexity index is 225. The van der Waals surface area contributed by atoms with E-state index in [9.17, 15) is 4.79 Å². The molecule has 48 valence electrons. The van der Waals surface area contributed by atoms with Crippen molar-refractivity contribution >= 4 is 6.29 Å². The van der Waals surface area contributed by atoms with Crippen molar-refractivity contribution in [1.82, 2.24) is 4.98 Å². The normalized spacial score (nSPS) is 9.56. The third kappa shape index (κ3) is 0.875. The van der Waals surface area contributed by atoms with Gasteiger partial charge < -0.3 is 4.98 Å². The van der Waals surface area contributed by atoms with E-state index in [1.807, 2.05) is 13.8 Å². The van der Waals surface area contributed by atoms with Crippen molar-refractivity contribution in [3.05, 3.63) is 23.0 Å². The third-order valence-electron chi connectivity index (χ3n) is 1.57. The maximum absolute atomic E-state index is 10.2. The van der Waals surface area contributed by atoms with Gasteiger partial charge >= 0.3 is 0 Å². The van der Waals surface area contributed by atoms with Gasteiger partial charge in [-0.3, -0.25) is 4.79 Å². The fourth-order valence-corrected chi connectivity index (χ4v) is 0.741. The van der Waals surface area contributed by atoms with Crippen molar-refractivity contribution in [1.29, 1.82) is 0 Å². The van der Waals surface area contributed by atoms with E-state index in [1.54, 1.807) is 6.20 Å². The quantitative estimate of drug-likeness (QED) is 0.563. The van der Waals surface area contributed by atoms with E-state index in [4.69, 9.17) is 0 Å². The first-order chi connectivity index (χ1) is 4.25. The minimum Gasteiger partial charge on any atom is -0.364 e. The molecule has 0 bridgehead atoms. The van der Waals surface area contributed by atoms with Gasteiger partial charge in [0.15, 0.2) is 6.29 Å². The number of aldehydes is 1. The molecule has 1 rings (SSSR count). The number of carbonyl (C=O) groups is 1. The highest BCUT2D eigenvalue weighted by Crippen LogP contribution is 2.07. The Kier molecular flexibility index (Phi) is 1.39. The number of nitrogens with one attached hydrogen (secondary N) is 1. The maximum atomic E-state index is 10.2. The second kappa shape index (κ2) is 2.05. The van der Waals surface area contributed by atoms with E-state index in [1.165, 1.54) is 0 Å². The molecule has 0 aliphatic rings. The summed E-state index contributed by atoms with van der Waals surface area (Å²) < 4.78 is 0. The van der Waals surface area contributed by atoms with Gasteiger partial charge in [0.1, 0.15) is 0 Å². The molecule has 0 aliphatic carbocycles. The number of H-pyrrole nitrogens is 1. The molecule has 0 amide bonds. The minimum absolute atomic E-state index is 0.757. The Hall–Kier alpha value is -1.05. The second-order valence-electron chi connectivity index (χ2n) is 2.11. The first-order valence-electron chi connectivity index (χ1n) is 2.85. The number of carbonyl (C=O) groups excluding carboxylic acids is 1. The van der Waals surface area contributed by atoms with Gasteiger partial charge in [0.2, 0.25) is 0 Å². The van der Waals surface area contributed by atoms with Crippen LogP contribution in [0.1, 0.15) is 21.6 Å². The lowest BCUT2D eigenvalue weighted by Crippen LogP contribution is -1.78. The zero-order chi connectivity index (χ0) is 6.85. The van der Waals surface area contributed by atoms with Crippen LogP contribution in [0, 0.1) is 13.8 Å². The smallest absolute Gasteiger partial charge is 0.151 e. The monoisotopic (exact) mass is 123 g/mol. The molecular weight excluding hydrogens is 114 g/mol. The van der Waals surface area contributed by atoms with E-state index in [0.717, 1.165) is 23.1 Å². The maximum Gasteiger partial charge on any atom is 0.151 e. The summed E-state index contributed by atoms with van der Waals surface area (Å²) in [5, 5.41) is 0. The molecule has 0 spiro atoms. The number of hydrogen-bond acceptors (Lipinski definition) is 1. The first kappa shape index (κ1) is 6.08. The molecule has 1 heterocycles. The van der Waals surface area contributed by atoms with Gasteiger partial charge in [0, 0.05) is 17.5 Å². The average molecular weight is 123 g/mol. The molecule has 0 aromatic carbocycles. The standard InChI is InChI=1S/C7H9NO/c1-5-6(2)8-3-7(5)4-9/h3-4,8H,1-2H3. The molecule has 0 saturated carbocycles. The molecular formula is C7H9NO. The van der Waals surface area contributed by atoms with Gasteiger partial charge in [-0.05, 0) is 19.4 Å². The molecule has 2 nitrogen and oxygen atoms in total. The Balaban J connectivity index is 3.18. The molecule has 0 fully saturated rings. The summed E-state index contributed by atoms with van der Waals surface area (Å²) >= 11 is 0. The van der Waals surface area contributed by atoms with Crippen molar-refractivity contribution in [3.8, 4) is 0 Å². The number of rotatable bonds is 1. The topological polar surface area (TPSA) is 32.9 Å². The van der Waals surface area contributed by atoms with E-state index in [0.29, 0.717) is 0 Å². The van der Waals surface area contributed by atoms with Gasteiger partial charge in [0.05, 0.1) is 0 Å². The summed E-state index contributed by atoms with van der Waals surface area (Å²) in [5.74, 6) is 0. The summed E-state index contributed by atoms with van der Waals surface area (Å²) in [6.45, 7) is 3.87. The summed E-state index contributed by atoms with van der Waals surface area (Å²) in [7, 11) is 0. The van der Waals surface area contributed by atoms with Gasteiger partial charge in [0.25, 0.3) is 0 Å². The SMILES string of the molecule is Cc1[nH]cc(C=O)c1C. The molecule has 9 heavy (non-hydrogen) atoms. The molecule has 0 aliphatic heterocycles. The molecule has 1 aromatic heterocycles. The van der Waals surface area contributed by atoms with Gasteiger partial charge in [-0.2, -0.15) is 0 Å². The largest absolute Gasteiger partial charge is 0.364 e. The first-order valence-corrected chi connectivity index (χ1v) is 2.85. The van der Waals surface area contributed by atoms with Crippen LogP contribution < -0.4 is 0 Å². The molecule has 0 atom stereocenters. The van der Waals surface area contributed by atoms with Crippen LogP contribution in [0.5, 0.6) is 0 Å². The Labute approximate surface area is 53.9 Å². The Morgan fingerprint density at radius 2 is 2.22 bits per heavy atom. The van der Waals surface area contributed by atoms with Gasteiger partial charge in [-0.15, -0.1) is 0 Å². The van der Waals surface area contributed by atoms with Crippen molar-refractivity contribution in [2.75, 3.05) is 0 Å². The fraction of sp³-hybridized carbons (Fsp3) is 0.286. The second-order valence-corrected chi connectivity index (χ2v) is 2.11. The van der Waals surface area contributed by atoms with Crippen molar-refractivity contribution in [2.24, 2.45) is 0 Å². The summed E-state index contributed by atoms with van der Waals surface area (Å²) in [4.78, 5) is 13.2. The van der Waals surface area contributed by atoms with Crippen molar-refractivity contribution in [3.63, 3.8) is 0 Å². The summed E-state index contributed by atoms with van der Waals surface area (Å²) in [6.07, 6.45) is 2.58. The van der Waals surface area contributed by atoms with Crippen LogP contribution in [-0.4, -0.2) is 11.3 Å².